The molecule has 1 unspecified atom stereocenters. The topological polar surface area (TPSA) is 131 Å². The molecule has 2 bridgehead atoms. The van der Waals surface area contributed by atoms with Gasteiger partial charge in [0.1, 0.15) is 5.69 Å². The summed E-state index contributed by atoms with van der Waals surface area (Å²) in [6, 6.07) is 0. The Morgan fingerprint density at radius 1 is 1.06 bits per heavy atom. The van der Waals surface area contributed by atoms with Crippen LogP contribution in [0.15, 0.2) is 18.3 Å². The normalized spacial score (nSPS) is 25.2. The van der Waals surface area contributed by atoms with Crippen LogP contribution in [0.4, 0.5) is 0 Å². The Balaban J connectivity index is 1.20. The maximum atomic E-state index is 12.7. The molecule has 2 aliphatic carbocycles. The minimum atomic E-state index is -0.498. The van der Waals surface area contributed by atoms with Crippen LogP contribution in [0.1, 0.15) is 50.6 Å². The van der Waals surface area contributed by atoms with E-state index in [2.05, 4.69) is 22.5 Å². The largest absolute Gasteiger partial charge is 0.370 e. The first-order valence-electron chi connectivity index (χ1n) is 11.8. The van der Waals surface area contributed by atoms with Crippen LogP contribution in [-0.4, -0.2) is 61.5 Å². The Morgan fingerprint density at radius 3 is 2.33 bits per heavy atom. The zero-order valence-corrected chi connectivity index (χ0v) is 19.1. The maximum Gasteiger partial charge on any atom is 0.233 e. The first kappa shape index (κ1) is 23.1. The van der Waals surface area contributed by atoms with E-state index in [1.807, 2.05) is 0 Å². The van der Waals surface area contributed by atoms with Gasteiger partial charge in [-0.05, 0) is 31.1 Å². The molecule has 4 amide bonds. The van der Waals surface area contributed by atoms with Crippen molar-refractivity contribution in [2.45, 2.75) is 51.5 Å². The van der Waals surface area contributed by atoms with Crippen LogP contribution < -0.4 is 5.73 Å². The molecule has 2 heterocycles. The molecule has 1 saturated heterocycles. The predicted molar refractivity (Wildman–Crippen MR) is 118 cm³/mol. The summed E-state index contributed by atoms with van der Waals surface area (Å²) in [6.07, 6.45) is 10.3. The number of imide groups is 1. The number of unbranched alkanes of at least 4 members (excludes halogenated alkanes) is 3. The number of nitrogens with two attached hydrogens (primary N) is 1. The van der Waals surface area contributed by atoms with Crippen LogP contribution in [0, 0.1) is 23.7 Å². The van der Waals surface area contributed by atoms with E-state index in [0.717, 1.165) is 32.1 Å². The highest BCUT2D eigenvalue weighted by Gasteiger charge is 2.58. The average Bonchev–Trinajstić information content (AvgIpc) is 3.54. The zero-order chi connectivity index (χ0) is 23.5. The highest BCUT2D eigenvalue weighted by Crippen LogP contribution is 2.52. The molecule has 0 aromatic carbocycles. The van der Waals surface area contributed by atoms with Crippen molar-refractivity contribution in [3.8, 4) is 0 Å². The van der Waals surface area contributed by atoms with Gasteiger partial charge in [-0.1, -0.05) is 30.2 Å². The predicted octanol–water partition coefficient (Wildman–Crippen LogP) is 0.777. The molecule has 178 valence electrons. The summed E-state index contributed by atoms with van der Waals surface area (Å²) in [6.45, 7) is 1.35. The third-order valence-corrected chi connectivity index (χ3v) is 7.06. The van der Waals surface area contributed by atoms with Crippen molar-refractivity contribution in [1.29, 1.82) is 0 Å². The molecule has 3 aliphatic rings. The Labute approximate surface area is 193 Å². The van der Waals surface area contributed by atoms with Gasteiger partial charge in [-0.15, -0.1) is 5.10 Å². The Morgan fingerprint density at radius 2 is 1.73 bits per heavy atom. The highest BCUT2D eigenvalue weighted by atomic mass is 16.2. The number of primary amides is 1. The lowest BCUT2D eigenvalue weighted by atomic mass is 9.85. The van der Waals surface area contributed by atoms with Gasteiger partial charge in [-0.25, -0.2) is 0 Å². The first-order valence-corrected chi connectivity index (χ1v) is 11.8. The van der Waals surface area contributed by atoms with Gasteiger partial charge < -0.3 is 10.6 Å². The number of amides is 4. The van der Waals surface area contributed by atoms with Crippen LogP contribution >= 0.6 is 0 Å². The molecule has 1 aliphatic heterocycles. The molecule has 4 rings (SSSR count). The number of aryl methyl sites for hydroxylation is 1. The van der Waals surface area contributed by atoms with Crippen molar-refractivity contribution in [2.24, 2.45) is 36.5 Å². The molecular formula is C23H32N6O4. The van der Waals surface area contributed by atoms with Gasteiger partial charge in [-0.2, -0.15) is 0 Å². The fourth-order valence-corrected chi connectivity index (χ4v) is 5.45. The van der Waals surface area contributed by atoms with Gasteiger partial charge in [0.25, 0.3) is 0 Å². The molecule has 1 aromatic heterocycles. The van der Waals surface area contributed by atoms with Crippen LogP contribution in [0.3, 0.4) is 0 Å². The number of likely N-dealkylation sites (tertiary alicyclic amines) is 1. The summed E-state index contributed by atoms with van der Waals surface area (Å²) in [5.74, 6) is -0.386. The van der Waals surface area contributed by atoms with E-state index in [1.165, 1.54) is 4.90 Å². The summed E-state index contributed by atoms with van der Waals surface area (Å²) in [4.78, 5) is 52.2. The molecule has 2 fully saturated rings. The van der Waals surface area contributed by atoms with Crippen molar-refractivity contribution in [1.82, 2.24) is 24.8 Å². The molecule has 2 N–H and O–H groups in total. The summed E-state index contributed by atoms with van der Waals surface area (Å²) >= 11 is 0. The lowest BCUT2D eigenvalue weighted by molar-refractivity contribution is -0.140. The Bertz CT molecular complexity index is 927. The minimum absolute atomic E-state index is 0.0112. The van der Waals surface area contributed by atoms with Crippen molar-refractivity contribution in [3.05, 3.63) is 24.0 Å². The lowest BCUT2D eigenvalue weighted by Gasteiger charge is -2.22. The van der Waals surface area contributed by atoms with E-state index in [-0.39, 0.29) is 54.2 Å². The SMILES string of the molecule is Cn1cc(CN(CCCCCCN2C(=O)C3[C@@H]4C=C[C@@H](C4)[C@H]3C2=O)C(=O)CCC(N)=O)nn1. The summed E-state index contributed by atoms with van der Waals surface area (Å²) in [5, 5.41) is 7.94. The van der Waals surface area contributed by atoms with Gasteiger partial charge in [0.15, 0.2) is 0 Å². The van der Waals surface area contributed by atoms with Gasteiger partial charge in [-0.3, -0.25) is 28.8 Å². The van der Waals surface area contributed by atoms with Crippen molar-refractivity contribution in [2.75, 3.05) is 13.1 Å². The second-order valence-corrected chi connectivity index (χ2v) is 9.41. The zero-order valence-electron chi connectivity index (χ0n) is 19.1. The summed E-state index contributed by atoms with van der Waals surface area (Å²) < 4.78 is 1.58. The molecule has 1 aromatic rings. The number of carbonyl (C=O) groups excluding carboxylic acids is 4. The number of fused-ring (bicyclic) bond motifs is 5. The number of allylic oxidation sites excluding steroid dienone is 2. The van der Waals surface area contributed by atoms with Crippen LogP contribution in [0.5, 0.6) is 0 Å². The fraction of sp³-hybridized carbons (Fsp3) is 0.652. The average molecular weight is 457 g/mol. The molecule has 10 nitrogen and oxygen atoms in total. The highest BCUT2D eigenvalue weighted by molar-refractivity contribution is 6.06. The van der Waals surface area contributed by atoms with Gasteiger partial charge in [0.2, 0.25) is 23.6 Å². The summed E-state index contributed by atoms with van der Waals surface area (Å²) in [7, 11) is 1.76. The molecule has 33 heavy (non-hydrogen) atoms. The third kappa shape index (κ3) is 4.99. The van der Waals surface area contributed by atoms with E-state index < -0.39 is 5.91 Å². The summed E-state index contributed by atoms with van der Waals surface area (Å²) in [5.41, 5.74) is 5.87. The van der Waals surface area contributed by atoms with Crippen LogP contribution in [-0.2, 0) is 32.8 Å². The van der Waals surface area contributed by atoms with Crippen LogP contribution in [0.25, 0.3) is 0 Å². The molecule has 4 atom stereocenters. The lowest BCUT2D eigenvalue weighted by Crippen LogP contribution is -2.34. The van der Waals surface area contributed by atoms with E-state index in [9.17, 15) is 19.2 Å². The standard InChI is InChI=1S/C23H32N6O4/c1-27-13-17(25-26-27)14-28(19(31)9-8-18(24)30)10-4-2-3-5-11-29-22(32)20-15-6-7-16(12-15)21(20)23(29)33/h6-7,13,15-16,20-21H,2-5,8-12,14H2,1H3,(H2,24,30)/t15-,16+,20+,21?/m0/s1. The van der Waals surface area contributed by atoms with Crippen LogP contribution in [0.2, 0.25) is 0 Å². The number of rotatable bonds is 12. The van der Waals surface area contributed by atoms with Gasteiger partial charge in [0, 0.05) is 39.2 Å². The minimum Gasteiger partial charge on any atom is -0.370 e. The fourth-order valence-electron chi connectivity index (χ4n) is 5.45. The van der Waals surface area contributed by atoms with E-state index in [4.69, 9.17) is 5.73 Å². The molecule has 10 heteroatoms. The van der Waals surface area contributed by atoms with Gasteiger partial charge in [0.05, 0.1) is 18.4 Å². The number of carbonyl (C=O) groups is 4. The monoisotopic (exact) mass is 456 g/mol. The van der Waals surface area contributed by atoms with E-state index in [1.54, 1.807) is 22.8 Å². The van der Waals surface area contributed by atoms with Crippen molar-refractivity contribution >= 4 is 23.6 Å². The molecule has 0 radical (unpaired) electrons. The molecular weight excluding hydrogens is 424 g/mol. The quantitative estimate of drug-likeness (QED) is 0.281. The van der Waals surface area contributed by atoms with Gasteiger partial charge >= 0.3 is 0 Å². The Hall–Kier alpha value is -3.04. The second kappa shape index (κ2) is 9.84. The maximum absolute atomic E-state index is 12.7. The number of hydrogen-bond donors (Lipinski definition) is 1. The van der Waals surface area contributed by atoms with Crippen molar-refractivity contribution in [3.63, 3.8) is 0 Å². The molecule has 1 saturated carbocycles. The smallest absolute Gasteiger partial charge is 0.233 e. The van der Waals surface area contributed by atoms with Crippen molar-refractivity contribution < 1.29 is 19.2 Å². The van der Waals surface area contributed by atoms with E-state index >= 15 is 0 Å². The Kier molecular flexibility index (Phi) is 6.90. The number of hydrogen-bond acceptors (Lipinski definition) is 6. The first-order chi connectivity index (χ1) is 15.8. The third-order valence-electron chi connectivity index (χ3n) is 7.06. The van der Waals surface area contributed by atoms with E-state index in [0.29, 0.717) is 25.3 Å². The molecule has 0 spiro atoms. The number of aromatic nitrogens is 3. The second-order valence-electron chi connectivity index (χ2n) is 9.41. The number of nitrogens with zero attached hydrogens (tertiary/aromatic N) is 5.